The predicted octanol–water partition coefficient (Wildman–Crippen LogP) is 5.33. The van der Waals surface area contributed by atoms with E-state index in [1.807, 2.05) is 18.2 Å². The minimum absolute atomic E-state index is 0.0306. The molecule has 0 atom stereocenters. The summed E-state index contributed by atoms with van der Waals surface area (Å²) in [5, 5.41) is 0. The number of hydrogen-bond acceptors (Lipinski definition) is 5. The topological polar surface area (TPSA) is 61.9 Å². The van der Waals surface area contributed by atoms with E-state index in [0.29, 0.717) is 17.8 Å². The Bertz CT molecular complexity index is 1100. The van der Waals surface area contributed by atoms with Crippen LogP contribution in [0.1, 0.15) is 44.1 Å². The second kappa shape index (κ2) is 10.3. The maximum Gasteiger partial charge on any atom is 0.184 e. The Morgan fingerprint density at radius 1 is 0.706 bits per heavy atom. The van der Waals surface area contributed by atoms with Gasteiger partial charge >= 0.3 is 0 Å². The van der Waals surface area contributed by atoms with E-state index >= 15 is 0 Å². The fraction of sp³-hybridized carbons (Fsp3) is 0.379. The summed E-state index contributed by atoms with van der Waals surface area (Å²) in [7, 11) is 0. The zero-order valence-electron chi connectivity index (χ0n) is 19.9. The minimum atomic E-state index is -0.0306. The molecule has 0 radical (unpaired) electrons. The maximum absolute atomic E-state index is 12.6. The van der Waals surface area contributed by atoms with Gasteiger partial charge in [-0.3, -0.25) is 4.79 Å². The molecule has 0 unspecified atom stereocenters. The maximum atomic E-state index is 12.6. The van der Waals surface area contributed by atoms with E-state index in [9.17, 15) is 4.79 Å². The number of ketones is 1. The molecule has 1 aliphatic carbocycles. The van der Waals surface area contributed by atoms with E-state index in [2.05, 4.69) is 46.2 Å². The Morgan fingerprint density at radius 2 is 1.24 bits per heavy atom. The van der Waals surface area contributed by atoms with E-state index in [4.69, 9.17) is 10.7 Å². The standard InChI is InChI=1S/C29H34N4O/c30-27-21-29(34)23(19-22-7-11-25(12-8-22)32-15-3-1-4-16-32)20-28(27)31-24-9-13-26(14-10-24)33-17-5-2-6-18-33/h7-14,20-21H,1-6,15-19,30H2. The van der Waals surface area contributed by atoms with Crippen LogP contribution < -0.4 is 15.5 Å². The molecule has 0 spiro atoms. The molecule has 2 aromatic carbocycles. The van der Waals surface area contributed by atoms with Crippen LogP contribution in [0.3, 0.4) is 0 Å². The molecule has 2 aliphatic heterocycles. The normalized spacial score (nSPS) is 20.4. The molecule has 34 heavy (non-hydrogen) atoms. The van der Waals surface area contributed by atoms with Crippen molar-refractivity contribution in [2.75, 3.05) is 36.0 Å². The van der Waals surface area contributed by atoms with Gasteiger partial charge in [0, 0.05) is 55.6 Å². The van der Waals surface area contributed by atoms with Crippen molar-refractivity contribution in [1.29, 1.82) is 0 Å². The van der Waals surface area contributed by atoms with Crippen LogP contribution in [0, 0.1) is 0 Å². The summed E-state index contributed by atoms with van der Waals surface area (Å²) in [6.07, 6.45) is 11.6. The van der Waals surface area contributed by atoms with E-state index in [1.165, 1.54) is 56.0 Å². The second-order valence-corrected chi connectivity index (χ2v) is 9.59. The number of piperidine rings is 2. The summed E-state index contributed by atoms with van der Waals surface area (Å²) in [6.45, 7) is 4.51. The van der Waals surface area contributed by atoms with Gasteiger partial charge in [-0.15, -0.1) is 0 Å². The van der Waals surface area contributed by atoms with Gasteiger partial charge < -0.3 is 15.5 Å². The summed E-state index contributed by atoms with van der Waals surface area (Å²) >= 11 is 0. The van der Waals surface area contributed by atoms with Gasteiger partial charge in [0.15, 0.2) is 5.78 Å². The number of allylic oxidation sites excluding steroid dienone is 3. The lowest BCUT2D eigenvalue weighted by molar-refractivity contribution is -0.111. The van der Waals surface area contributed by atoms with Crippen molar-refractivity contribution in [3.05, 3.63) is 77.5 Å². The quantitative estimate of drug-likeness (QED) is 0.620. The third-order valence-electron chi connectivity index (χ3n) is 7.08. The minimum Gasteiger partial charge on any atom is -0.397 e. The summed E-state index contributed by atoms with van der Waals surface area (Å²) in [5.41, 5.74) is 12.5. The predicted molar refractivity (Wildman–Crippen MR) is 141 cm³/mol. The molecule has 2 aromatic rings. The summed E-state index contributed by atoms with van der Waals surface area (Å²) < 4.78 is 0. The van der Waals surface area contributed by atoms with Gasteiger partial charge in [0.25, 0.3) is 0 Å². The number of benzene rings is 2. The van der Waals surface area contributed by atoms with Gasteiger partial charge in [0.05, 0.1) is 17.1 Å². The number of rotatable bonds is 5. The third kappa shape index (κ3) is 5.24. The van der Waals surface area contributed by atoms with Crippen LogP contribution in [0.5, 0.6) is 0 Å². The molecule has 2 heterocycles. The fourth-order valence-corrected chi connectivity index (χ4v) is 5.09. The second-order valence-electron chi connectivity index (χ2n) is 9.59. The van der Waals surface area contributed by atoms with Crippen LogP contribution in [-0.4, -0.2) is 37.7 Å². The summed E-state index contributed by atoms with van der Waals surface area (Å²) in [5.74, 6) is -0.0306. The fourth-order valence-electron chi connectivity index (χ4n) is 5.09. The highest BCUT2D eigenvalue weighted by Gasteiger charge is 2.18. The molecule has 176 valence electrons. The van der Waals surface area contributed by atoms with Crippen LogP contribution >= 0.6 is 0 Å². The highest BCUT2D eigenvalue weighted by Crippen LogP contribution is 2.25. The zero-order chi connectivity index (χ0) is 23.3. The average Bonchev–Trinajstić information content (AvgIpc) is 2.89. The average molecular weight is 455 g/mol. The highest BCUT2D eigenvalue weighted by atomic mass is 16.1. The van der Waals surface area contributed by atoms with E-state index in [0.717, 1.165) is 43.0 Å². The lowest BCUT2D eigenvalue weighted by atomic mass is 9.94. The molecule has 0 aromatic heterocycles. The largest absolute Gasteiger partial charge is 0.397 e. The monoisotopic (exact) mass is 454 g/mol. The van der Waals surface area contributed by atoms with Crippen LogP contribution in [0.2, 0.25) is 0 Å². The molecule has 5 heteroatoms. The lowest BCUT2D eigenvalue weighted by Crippen LogP contribution is -2.29. The first-order valence-electron chi connectivity index (χ1n) is 12.7. The first kappa shape index (κ1) is 22.5. The number of nitrogens with zero attached hydrogens (tertiary/aromatic N) is 3. The number of anilines is 2. The first-order chi connectivity index (χ1) is 16.7. The Balaban J connectivity index is 1.30. The number of carbonyl (C=O) groups excluding carboxylic acids is 1. The van der Waals surface area contributed by atoms with Crippen molar-refractivity contribution in [3.63, 3.8) is 0 Å². The molecule has 0 amide bonds. The van der Waals surface area contributed by atoms with Crippen molar-refractivity contribution in [1.82, 2.24) is 0 Å². The van der Waals surface area contributed by atoms with E-state index < -0.39 is 0 Å². The first-order valence-corrected chi connectivity index (χ1v) is 12.7. The van der Waals surface area contributed by atoms with Gasteiger partial charge in [-0.1, -0.05) is 12.1 Å². The summed E-state index contributed by atoms with van der Waals surface area (Å²) in [6, 6.07) is 17.0. The number of nitrogens with two attached hydrogens (primary N) is 1. The Labute approximate surface area is 202 Å². The van der Waals surface area contributed by atoms with Crippen molar-refractivity contribution < 1.29 is 4.79 Å². The van der Waals surface area contributed by atoms with Crippen molar-refractivity contribution in [2.24, 2.45) is 10.7 Å². The van der Waals surface area contributed by atoms with Crippen LogP contribution in [0.15, 0.2) is 76.9 Å². The highest BCUT2D eigenvalue weighted by molar-refractivity contribution is 6.22. The molecule has 0 saturated carbocycles. The number of aliphatic imine (C=N–C) groups is 1. The van der Waals surface area contributed by atoms with Crippen LogP contribution in [-0.2, 0) is 11.2 Å². The Hall–Kier alpha value is -3.34. The van der Waals surface area contributed by atoms with Crippen molar-refractivity contribution in [3.8, 4) is 0 Å². The van der Waals surface area contributed by atoms with Gasteiger partial charge in [-0.05, 0) is 86.6 Å². The molecular weight excluding hydrogens is 420 g/mol. The zero-order valence-corrected chi connectivity index (χ0v) is 19.9. The van der Waals surface area contributed by atoms with Gasteiger partial charge in [-0.25, -0.2) is 4.99 Å². The van der Waals surface area contributed by atoms with E-state index in [1.54, 1.807) is 0 Å². The molecule has 2 fully saturated rings. The molecule has 2 N–H and O–H groups in total. The van der Waals surface area contributed by atoms with Gasteiger partial charge in [-0.2, -0.15) is 0 Å². The third-order valence-corrected chi connectivity index (χ3v) is 7.08. The molecule has 0 bridgehead atoms. The van der Waals surface area contributed by atoms with Crippen molar-refractivity contribution in [2.45, 2.75) is 44.9 Å². The lowest BCUT2D eigenvalue weighted by Gasteiger charge is -2.29. The molecule has 5 nitrogen and oxygen atoms in total. The van der Waals surface area contributed by atoms with Gasteiger partial charge in [0.1, 0.15) is 0 Å². The van der Waals surface area contributed by atoms with Crippen LogP contribution in [0.4, 0.5) is 17.1 Å². The van der Waals surface area contributed by atoms with Gasteiger partial charge in [0.2, 0.25) is 0 Å². The van der Waals surface area contributed by atoms with Crippen molar-refractivity contribution >= 4 is 28.6 Å². The number of carbonyl (C=O) groups is 1. The smallest absolute Gasteiger partial charge is 0.184 e. The summed E-state index contributed by atoms with van der Waals surface area (Å²) in [4.78, 5) is 22.3. The molecule has 2 saturated heterocycles. The number of hydrogen-bond donors (Lipinski definition) is 1. The van der Waals surface area contributed by atoms with Crippen LogP contribution in [0.25, 0.3) is 0 Å². The molecular formula is C29H34N4O. The van der Waals surface area contributed by atoms with E-state index in [-0.39, 0.29) is 5.78 Å². The SMILES string of the molecule is NC1=CC(=O)C(Cc2ccc(N3CCCCC3)cc2)=CC1=Nc1ccc(N2CCCCC2)cc1. The molecule has 5 rings (SSSR count). The Kier molecular flexibility index (Phi) is 6.79. The Morgan fingerprint density at radius 3 is 1.79 bits per heavy atom. The molecule has 3 aliphatic rings.